The maximum Gasteiger partial charge on any atom is 0.151 e. The summed E-state index contributed by atoms with van der Waals surface area (Å²) >= 11 is 0. The molecule has 1 aliphatic rings. The first-order valence-electron chi connectivity index (χ1n) is 5.92. The molecule has 0 aromatic rings. The summed E-state index contributed by atoms with van der Waals surface area (Å²) in [5.41, 5.74) is 0. The van der Waals surface area contributed by atoms with E-state index >= 15 is 0 Å². The summed E-state index contributed by atoms with van der Waals surface area (Å²) in [5.74, 6) is 0.876. The zero-order valence-electron chi connectivity index (χ0n) is 10.5. The predicted octanol–water partition coefficient (Wildman–Crippen LogP) is 1.24. The van der Waals surface area contributed by atoms with Crippen LogP contribution >= 0.6 is 0 Å². The molecule has 0 aromatic carbocycles. The molecule has 0 bridgehead atoms. The zero-order valence-corrected chi connectivity index (χ0v) is 10.5. The third-order valence-corrected chi connectivity index (χ3v) is 3.05. The lowest BCUT2D eigenvalue weighted by Crippen LogP contribution is -2.44. The van der Waals surface area contributed by atoms with Crippen molar-refractivity contribution in [2.24, 2.45) is 5.92 Å². The van der Waals surface area contributed by atoms with Crippen LogP contribution in [-0.4, -0.2) is 55.4 Å². The molecule has 3 nitrogen and oxygen atoms in total. The lowest BCUT2D eigenvalue weighted by atomic mass is 10.0. The average molecular weight is 212 g/mol. The van der Waals surface area contributed by atoms with Crippen LogP contribution in [0.4, 0.5) is 0 Å². The summed E-state index contributed by atoms with van der Waals surface area (Å²) in [6.45, 7) is 7.26. The summed E-state index contributed by atoms with van der Waals surface area (Å²) in [5, 5.41) is 0. The first-order valence-corrected chi connectivity index (χ1v) is 5.92. The Morgan fingerprint density at radius 2 is 2.00 bits per heavy atom. The average Bonchev–Trinajstić information content (AvgIpc) is 2.27. The molecule has 15 heavy (non-hydrogen) atoms. The predicted molar refractivity (Wildman–Crippen MR) is 63.0 cm³/mol. The number of Topliss-reactive ketones (excluding diaryl/α,β-unsaturated/α-hetero) is 1. The Morgan fingerprint density at radius 1 is 1.33 bits per heavy atom. The van der Waals surface area contributed by atoms with Crippen LogP contribution in [0.2, 0.25) is 0 Å². The van der Waals surface area contributed by atoms with Gasteiger partial charge in [0.1, 0.15) is 0 Å². The number of nitrogens with zero attached hydrogens (tertiary/aromatic N) is 2. The number of hydrogen-bond acceptors (Lipinski definition) is 3. The van der Waals surface area contributed by atoms with E-state index in [0.717, 1.165) is 19.6 Å². The van der Waals surface area contributed by atoms with Gasteiger partial charge in [0.25, 0.3) is 0 Å². The van der Waals surface area contributed by atoms with Crippen molar-refractivity contribution in [2.45, 2.75) is 32.7 Å². The van der Waals surface area contributed by atoms with Crippen LogP contribution in [0.25, 0.3) is 0 Å². The van der Waals surface area contributed by atoms with Crippen LogP contribution in [0.5, 0.6) is 0 Å². The molecule has 0 amide bonds. The van der Waals surface area contributed by atoms with Crippen LogP contribution < -0.4 is 0 Å². The lowest BCUT2D eigenvalue weighted by molar-refractivity contribution is -0.124. The number of carbonyl (C=O) groups is 1. The van der Waals surface area contributed by atoms with Gasteiger partial charge >= 0.3 is 0 Å². The SMILES string of the molecule is CC(C)CC(=O)C1CN(C)CCCN1C. The Bertz CT molecular complexity index is 216. The van der Waals surface area contributed by atoms with Gasteiger partial charge < -0.3 is 4.90 Å². The van der Waals surface area contributed by atoms with Gasteiger partial charge in [-0.25, -0.2) is 0 Å². The van der Waals surface area contributed by atoms with Gasteiger partial charge in [0.05, 0.1) is 6.04 Å². The number of ketones is 1. The fraction of sp³-hybridized carbons (Fsp3) is 0.917. The first kappa shape index (κ1) is 12.7. The Hall–Kier alpha value is -0.410. The van der Waals surface area contributed by atoms with Gasteiger partial charge in [-0.3, -0.25) is 9.69 Å². The Balaban J connectivity index is 2.59. The van der Waals surface area contributed by atoms with Gasteiger partial charge in [0.15, 0.2) is 5.78 Å². The van der Waals surface area contributed by atoms with Gasteiger partial charge in [-0.2, -0.15) is 0 Å². The highest BCUT2D eigenvalue weighted by Crippen LogP contribution is 2.12. The molecule has 1 aliphatic heterocycles. The second-order valence-electron chi connectivity index (χ2n) is 5.18. The normalized spacial score (nSPS) is 25.5. The van der Waals surface area contributed by atoms with Crippen molar-refractivity contribution in [3.05, 3.63) is 0 Å². The second kappa shape index (κ2) is 5.61. The van der Waals surface area contributed by atoms with Crippen molar-refractivity contribution in [3.63, 3.8) is 0 Å². The van der Waals surface area contributed by atoms with Crippen LogP contribution in [0.1, 0.15) is 26.7 Å². The summed E-state index contributed by atoms with van der Waals surface area (Å²) in [4.78, 5) is 16.5. The van der Waals surface area contributed by atoms with Gasteiger partial charge in [-0.1, -0.05) is 13.8 Å². The molecule has 1 fully saturated rings. The van der Waals surface area contributed by atoms with Gasteiger partial charge in [-0.15, -0.1) is 0 Å². The second-order valence-corrected chi connectivity index (χ2v) is 5.18. The molecular formula is C12H24N2O. The monoisotopic (exact) mass is 212 g/mol. The molecule has 1 rings (SSSR count). The topological polar surface area (TPSA) is 23.6 Å². The highest BCUT2D eigenvalue weighted by Gasteiger charge is 2.26. The molecule has 1 atom stereocenters. The minimum atomic E-state index is 0.111. The van der Waals surface area contributed by atoms with Crippen LogP contribution in [-0.2, 0) is 4.79 Å². The summed E-state index contributed by atoms with van der Waals surface area (Å²) in [6, 6.07) is 0.111. The number of likely N-dealkylation sites (N-methyl/N-ethyl adjacent to an activating group) is 2. The number of carbonyl (C=O) groups excluding carboxylic acids is 1. The lowest BCUT2D eigenvalue weighted by Gasteiger charge is -2.26. The van der Waals surface area contributed by atoms with E-state index in [1.807, 2.05) is 0 Å². The van der Waals surface area contributed by atoms with E-state index in [4.69, 9.17) is 0 Å². The number of rotatable bonds is 3. The fourth-order valence-electron chi connectivity index (χ4n) is 2.16. The molecule has 0 saturated carbocycles. The van der Waals surface area contributed by atoms with E-state index in [0.29, 0.717) is 18.1 Å². The molecule has 1 unspecified atom stereocenters. The molecule has 0 N–H and O–H groups in total. The molecule has 0 aromatic heterocycles. The Morgan fingerprint density at radius 3 is 2.60 bits per heavy atom. The quantitative estimate of drug-likeness (QED) is 0.703. The summed E-state index contributed by atoms with van der Waals surface area (Å²) in [6.07, 6.45) is 1.88. The Kier molecular flexibility index (Phi) is 4.74. The third-order valence-electron chi connectivity index (χ3n) is 3.05. The largest absolute Gasteiger partial charge is 0.304 e. The molecule has 1 saturated heterocycles. The summed E-state index contributed by atoms with van der Waals surface area (Å²) < 4.78 is 0. The van der Waals surface area contributed by atoms with Crippen LogP contribution in [0.3, 0.4) is 0 Å². The molecule has 1 heterocycles. The van der Waals surface area contributed by atoms with E-state index in [-0.39, 0.29) is 6.04 Å². The van der Waals surface area contributed by atoms with Crippen molar-refractivity contribution in [3.8, 4) is 0 Å². The van der Waals surface area contributed by atoms with Gasteiger partial charge in [0, 0.05) is 13.0 Å². The molecule has 3 heteroatoms. The minimum Gasteiger partial charge on any atom is -0.304 e. The molecule has 0 aliphatic carbocycles. The third kappa shape index (κ3) is 3.92. The van der Waals surface area contributed by atoms with E-state index in [1.54, 1.807) is 0 Å². The summed E-state index contributed by atoms with van der Waals surface area (Å²) in [7, 11) is 4.18. The van der Waals surface area contributed by atoms with E-state index < -0.39 is 0 Å². The molecular weight excluding hydrogens is 188 g/mol. The highest BCUT2D eigenvalue weighted by atomic mass is 16.1. The maximum atomic E-state index is 12.0. The number of hydrogen-bond donors (Lipinski definition) is 0. The van der Waals surface area contributed by atoms with Gasteiger partial charge in [-0.05, 0) is 39.5 Å². The van der Waals surface area contributed by atoms with Crippen LogP contribution in [0, 0.1) is 5.92 Å². The Labute approximate surface area is 93.4 Å². The van der Waals surface area contributed by atoms with Crippen molar-refractivity contribution >= 4 is 5.78 Å². The van der Waals surface area contributed by atoms with Crippen molar-refractivity contribution in [1.82, 2.24) is 9.80 Å². The van der Waals surface area contributed by atoms with Crippen LogP contribution in [0.15, 0.2) is 0 Å². The zero-order chi connectivity index (χ0) is 11.4. The standard InChI is InChI=1S/C12H24N2O/c1-10(2)8-12(15)11-9-13(3)6-5-7-14(11)4/h10-11H,5-9H2,1-4H3. The minimum absolute atomic E-state index is 0.111. The van der Waals surface area contributed by atoms with E-state index in [1.165, 1.54) is 6.42 Å². The molecule has 0 radical (unpaired) electrons. The molecule has 88 valence electrons. The first-order chi connectivity index (χ1) is 7.00. The van der Waals surface area contributed by atoms with Gasteiger partial charge in [0.2, 0.25) is 0 Å². The highest BCUT2D eigenvalue weighted by molar-refractivity contribution is 5.84. The fourth-order valence-corrected chi connectivity index (χ4v) is 2.16. The maximum absolute atomic E-state index is 12.0. The smallest absolute Gasteiger partial charge is 0.151 e. The van der Waals surface area contributed by atoms with Crippen molar-refractivity contribution in [2.75, 3.05) is 33.7 Å². The van der Waals surface area contributed by atoms with Crippen molar-refractivity contribution in [1.29, 1.82) is 0 Å². The van der Waals surface area contributed by atoms with Crippen molar-refractivity contribution < 1.29 is 4.79 Å². The van der Waals surface area contributed by atoms with E-state index in [2.05, 4.69) is 37.7 Å². The molecule has 0 spiro atoms. The van der Waals surface area contributed by atoms with E-state index in [9.17, 15) is 4.79 Å².